The molecule has 1 saturated carbocycles. The number of carbonyl (C=O) groups excluding carboxylic acids is 2. The molecule has 25 heavy (non-hydrogen) atoms. The van der Waals surface area contributed by atoms with Crippen LogP contribution in [0, 0.1) is 5.92 Å². The van der Waals surface area contributed by atoms with Crippen molar-refractivity contribution in [3.63, 3.8) is 0 Å². The van der Waals surface area contributed by atoms with E-state index in [1.165, 1.54) is 0 Å². The first-order valence-corrected chi connectivity index (χ1v) is 8.48. The van der Waals surface area contributed by atoms with E-state index in [4.69, 9.17) is 0 Å². The standard InChI is InChI=1S/C20H23N3O2/c1-23(2)18-11-9-17(10-12-18)22-20(25)16-5-3-14(4-6-16)13-21-19(24)15-7-8-15/h3-6,9-12,15H,7-8,13H2,1-2H3,(H,21,24)(H,22,25). The molecular weight excluding hydrogens is 314 g/mol. The van der Waals surface area contributed by atoms with Gasteiger partial charge in [0.1, 0.15) is 0 Å². The molecule has 2 N–H and O–H groups in total. The number of hydrogen-bond acceptors (Lipinski definition) is 3. The van der Waals surface area contributed by atoms with Crippen LogP contribution < -0.4 is 15.5 Å². The van der Waals surface area contributed by atoms with E-state index in [-0.39, 0.29) is 17.7 Å². The predicted octanol–water partition coefficient (Wildman–Crippen LogP) is 3.03. The zero-order valence-electron chi connectivity index (χ0n) is 14.6. The van der Waals surface area contributed by atoms with Crippen molar-refractivity contribution in [2.75, 3.05) is 24.3 Å². The lowest BCUT2D eigenvalue weighted by Crippen LogP contribution is -2.24. The highest BCUT2D eigenvalue weighted by molar-refractivity contribution is 6.04. The Bertz CT molecular complexity index is 748. The van der Waals surface area contributed by atoms with Gasteiger partial charge in [-0.05, 0) is 54.8 Å². The second kappa shape index (κ2) is 7.38. The van der Waals surface area contributed by atoms with E-state index in [1.807, 2.05) is 55.4 Å². The quantitative estimate of drug-likeness (QED) is 0.852. The second-order valence-corrected chi connectivity index (χ2v) is 6.58. The van der Waals surface area contributed by atoms with Crippen LogP contribution in [0.5, 0.6) is 0 Å². The molecule has 0 heterocycles. The lowest BCUT2D eigenvalue weighted by atomic mass is 10.1. The van der Waals surface area contributed by atoms with Gasteiger partial charge in [0, 0.05) is 43.5 Å². The summed E-state index contributed by atoms with van der Waals surface area (Å²) in [6.45, 7) is 0.503. The second-order valence-electron chi connectivity index (χ2n) is 6.58. The smallest absolute Gasteiger partial charge is 0.255 e. The summed E-state index contributed by atoms with van der Waals surface area (Å²) in [5.41, 5.74) is 3.42. The molecule has 0 aromatic heterocycles. The van der Waals surface area contributed by atoms with E-state index in [0.717, 1.165) is 29.8 Å². The predicted molar refractivity (Wildman–Crippen MR) is 99.7 cm³/mol. The number of amides is 2. The third kappa shape index (κ3) is 4.59. The Morgan fingerprint density at radius 1 is 1.00 bits per heavy atom. The van der Waals surface area contributed by atoms with Crippen LogP contribution in [0.15, 0.2) is 48.5 Å². The third-order valence-electron chi connectivity index (χ3n) is 4.27. The first-order chi connectivity index (χ1) is 12.0. The minimum Gasteiger partial charge on any atom is -0.378 e. The number of rotatable bonds is 6. The zero-order valence-corrected chi connectivity index (χ0v) is 14.6. The van der Waals surface area contributed by atoms with E-state index < -0.39 is 0 Å². The maximum atomic E-state index is 12.3. The SMILES string of the molecule is CN(C)c1ccc(NC(=O)c2ccc(CNC(=O)C3CC3)cc2)cc1. The van der Waals surface area contributed by atoms with Gasteiger partial charge in [0.25, 0.3) is 5.91 Å². The van der Waals surface area contributed by atoms with E-state index in [1.54, 1.807) is 12.1 Å². The molecule has 0 atom stereocenters. The fourth-order valence-electron chi connectivity index (χ4n) is 2.50. The van der Waals surface area contributed by atoms with Crippen molar-refractivity contribution in [3.05, 3.63) is 59.7 Å². The first kappa shape index (κ1) is 17.0. The molecule has 5 nitrogen and oxygen atoms in total. The van der Waals surface area contributed by atoms with Crippen molar-refractivity contribution in [3.8, 4) is 0 Å². The van der Waals surface area contributed by atoms with Crippen molar-refractivity contribution in [2.24, 2.45) is 5.92 Å². The third-order valence-corrected chi connectivity index (χ3v) is 4.27. The van der Waals surface area contributed by atoms with Gasteiger partial charge in [0.2, 0.25) is 5.91 Å². The summed E-state index contributed by atoms with van der Waals surface area (Å²) in [7, 11) is 3.95. The summed E-state index contributed by atoms with van der Waals surface area (Å²) in [6.07, 6.45) is 2.00. The molecular formula is C20H23N3O2. The number of hydrogen-bond donors (Lipinski definition) is 2. The molecule has 2 aromatic rings. The van der Waals surface area contributed by atoms with E-state index in [0.29, 0.717) is 12.1 Å². The summed E-state index contributed by atoms with van der Waals surface area (Å²) in [5.74, 6) is 0.193. The summed E-state index contributed by atoms with van der Waals surface area (Å²) < 4.78 is 0. The molecule has 5 heteroatoms. The highest BCUT2D eigenvalue weighted by Crippen LogP contribution is 2.28. The van der Waals surface area contributed by atoms with Crippen LogP contribution in [0.2, 0.25) is 0 Å². The molecule has 1 fully saturated rings. The summed E-state index contributed by atoms with van der Waals surface area (Å²) in [6, 6.07) is 15.0. The molecule has 0 unspecified atom stereocenters. The largest absolute Gasteiger partial charge is 0.378 e. The van der Waals surface area contributed by atoms with Crippen molar-refractivity contribution >= 4 is 23.2 Å². The average Bonchev–Trinajstić information content (AvgIpc) is 3.45. The van der Waals surface area contributed by atoms with Crippen molar-refractivity contribution in [2.45, 2.75) is 19.4 Å². The number of nitrogens with one attached hydrogen (secondary N) is 2. The molecule has 130 valence electrons. The van der Waals surface area contributed by atoms with Crippen LogP contribution in [-0.2, 0) is 11.3 Å². The minimum absolute atomic E-state index is 0.128. The Morgan fingerprint density at radius 2 is 1.64 bits per heavy atom. The van der Waals surface area contributed by atoms with Crippen LogP contribution >= 0.6 is 0 Å². The molecule has 2 aromatic carbocycles. The van der Waals surface area contributed by atoms with Gasteiger partial charge in [0.05, 0.1) is 0 Å². The van der Waals surface area contributed by atoms with Crippen LogP contribution in [0.4, 0.5) is 11.4 Å². The zero-order chi connectivity index (χ0) is 17.8. The molecule has 0 spiro atoms. The molecule has 1 aliphatic carbocycles. The normalized spacial score (nSPS) is 13.2. The first-order valence-electron chi connectivity index (χ1n) is 8.48. The van der Waals surface area contributed by atoms with E-state index in [2.05, 4.69) is 10.6 Å². The van der Waals surface area contributed by atoms with Gasteiger partial charge in [0.15, 0.2) is 0 Å². The van der Waals surface area contributed by atoms with Crippen molar-refractivity contribution in [1.29, 1.82) is 0 Å². The lowest BCUT2D eigenvalue weighted by Gasteiger charge is -2.13. The minimum atomic E-state index is -0.147. The van der Waals surface area contributed by atoms with Gasteiger partial charge in [-0.25, -0.2) is 0 Å². The van der Waals surface area contributed by atoms with Gasteiger partial charge >= 0.3 is 0 Å². The Balaban J connectivity index is 1.55. The maximum Gasteiger partial charge on any atom is 0.255 e. The molecule has 0 bridgehead atoms. The molecule has 2 amide bonds. The number of nitrogens with zero attached hydrogens (tertiary/aromatic N) is 1. The average molecular weight is 337 g/mol. The highest BCUT2D eigenvalue weighted by Gasteiger charge is 2.29. The van der Waals surface area contributed by atoms with E-state index >= 15 is 0 Å². The Morgan fingerprint density at radius 3 is 2.20 bits per heavy atom. The van der Waals surface area contributed by atoms with Gasteiger partial charge in [-0.15, -0.1) is 0 Å². The van der Waals surface area contributed by atoms with Crippen molar-refractivity contribution in [1.82, 2.24) is 5.32 Å². The summed E-state index contributed by atoms with van der Waals surface area (Å²) in [4.78, 5) is 26.0. The number of carbonyl (C=O) groups is 2. The Kier molecular flexibility index (Phi) is 5.03. The fourth-order valence-corrected chi connectivity index (χ4v) is 2.50. The Labute approximate surface area is 148 Å². The lowest BCUT2D eigenvalue weighted by molar-refractivity contribution is -0.122. The van der Waals surface area contributed by atoms with Crippen LogP contribution in [-0.4, -0.2) is 25.9 Å². The molecule has 1 aliphatic rings. The molecule has 3 rings (SSSR count). The van der Waals surface area contributed by atoms with Crippen LogP contribution in [0.3, 0.4) is 0 Å². The topological polar surface area (TPSA) is 61.4 Å². The number of anilines is 2. The Hall–Kier alpha value is -2.82. The summed E-state index contributed by atoms with van der Waals surface area (Å²) in [5, 5.41) is 5.81. The van der Waals surface area contributed by atoms with Gasteiger partial charge in [-0.2, -0.15) is 0 Å². The molecule has 0 aliphatic heterocycles. The van der Waals surface area contributed by atoms with Gasteiger partial charge in [-0.1, -0.05) is 12.1 Å². The van der Waals surface area contributed by atoms with E-state index in [9.17, 15) is 9.59 Å². The number of benzene rings is 2. The fraction of sp³-hybridized carbons (Fsp3) is 0.300. The summed E-state index contributed by atoms with van der Waals surface area (Å²) >= 11 is 0. The maximum absolute atomic E-state index is 12.3. The van der Waals surface area contributed by atoms with Crippen LogP contribution in [0.25, 0.3) is 0 Å². The highest BCUT2D eigenvalue weighted by atomic mass is 16.2. The van der Waals surface area contributed by atoms with Crippen LogP contribution in [0.1, 0.15) is 28.8 Å². The monoisotopic (exact) mass is 337 g/mol. The molecule has 0 saturated heterocycles. The van der Waals surface area contributed by atoms with Gasteiger partial charge < -0.3 is 15.5 Å². The molecule has 0 radical (unpaired) electrons. The van der Waals surface area contributed by atoms with Crippen molar-refractivity contribution < 1.29 is 9.59 Å². The van der Waals surface area contributed by atoms with Gasteiger partial charge in [-0.3, -0.25) is 9.59 Å².